The van der Waals surface area contributed by atoms with E-state index in [1.165, 1.54) is 0 Å². The second-order valence-electron chi connectivity index (χ2n) is 10.9. The number of carbonyl (C=O) groups is 2. The average molecular weight is 544 g/mol. The summed E-state index contributed by atoms with van der Waals surface area (Å²) in [6, 6.07) is 15.5. The summed E-state index contributed by atoms with van der Waals surface area (Å²) in [7, 11) is 1.95. The fourth-order valence-electron chi connectivity index (χ4n) is 6.17. The number of carbonyl (C=O) groups excluding carboxylic acids is 1. The number of aryl methyl sites for hydroxylation is 2. The zero-order chi connectivity index (χ0) is 28.1. The van der Waals surface area contributed by atoms with Gasteiger partial charge in [-0.2, -0.15) is 0 Å². The molecule has 40 heavy (non-hydrogen) atoms. The van der Waals surface area contributed by atoms with Crippen LogP contribution < -0.4 is 14.2 Å². The Kier molecular flexibility index (Phi) is 8.75. The van der Waals surface area contributed by atoms with Gasteiger partial charge in [-0.1, -0.05) is 31.5 Å². The molecule has 1 amide bonds. The van der Waals surface area contributed by atoms with E-state index in [1.807, 2.05) is 71.4 Å². The first-order chi connectivity index (χ1) is 19.4. The predicted molar refractivity (Wildman–Crippen MR) is 152 cm³/mol. The van der Waals surface area contributed by atoms with Gasteiger partial charge in [-0.3, -0.25) is 19.5 Å². The smallest absolute Gasteiger partial charge is 0.308 e. The van der Waals surface area contributed by atoms with Gasteiger partial charge in [0.1, 0.15) is 18.5 Å². The van der Waals surface area contributed by atoms with Gasteiger partial charge in [0.2, 0.25) is 5.91 Å². The van der Waals surface area contributed by atoms with Crippen LogP contribution in [0.3, 0.4) is 0 Å². The first-order valence-electron chi connectivity index (χ1n) is 14.3. The van der Waals surface area contributed by atoms with E-state index >= 15 is 0 Å². The number of hydrogen-bond donors (Lipinski definition) is 1. The number of pyridine rings is 2. The number of rotatable bonds is 11. The molecule has 1 N–H and O–H groups in total. The van der Waals surface area contributed by atoms with Crippen LogP contribution in [-0.4, -0.2) is 59.1 Å². The molecule has 1 saturated heterocycles. The van der Waals surface area contributed by atoms with E-state index in [-0.39, 0.29) is 24.4 Å². The molecule has 0 aliphatic carbocycles. The molecule has 0 saturated carbocycles. The van der Waals surface area contributed by atoms with E-state index in [9.17, 15) is 14.7 Å². The lowest BCUT2D eigenvalue weighted by atomic mass is 9.83. The molecule has 4 heterocycles. The molecule has 1 aromatic carbocycles. The molecular formula is C32H39N4O4+. The first kappa shape index (κ1) is 27.8. The minimum atomic E-state index is -0.819. The SMILES string of the molecule is CCCCN(C(=O)CN1C[C@H](c2ccc3c(c2)CCO3)[C@@H](C(=O)O)[C@@H]1CCc1ccccn1)c1ccc[n+](C)c1. The quantitative estimate of drug-likeness (QED) is 0.371. The number of likely N-dealkylation sites (tertiary alicyclic amines) is 1. The van der Waals surface area contributed by atoms with Crippen molar-refractivity contribution >= 4 is 17.6 Å². The fraction of sp³-hybridized carbons (Fsp3) is 0.438. The van der Waals surface area contributed by atoms with Crippen LogP contribution in [0.4, 0.5) is 5.69 Å². The molecule has 3 atom stereocenters. The Labute approximate surface area is 236 Å². The molecule has 2 aliphatic heterocycles. The lowest BCUT2D eigenvalue weighted by Crippen LogP contribution is -2.45. The van der Waals surface area contributed by atoms with E-state index < -0.39 is 11.9 Å². The number of anilines is 1. The van der Waals surface area contributed by atoms with Gasteiger partial charge in [0.05, 0.1) is 19.1 Å². The highest BCUT2D eigenvalue weighted by atomic mass is 16.5. The number of hydrogen-bond acceptors (Lipinski definition) is 5. The Morgan fingerprint density at radius 2 is 2.08 bits per heavy atom. The van der Waals surface area contributed by atoms with Crippen molar-refractivity contribution in [1.82, 2.24) is 9.88 Å². The van der Waals surface area contributed by atoms with Crippen molar-refractivity contribution in [3.05, 3.63) is 83.9 Å². The lowest BCUT2D eigenvalue weighted by molar-refractivity contribution is -0.670. The predicted octanol–water partition coefficient (Wildman–Crippen LogP) is 3.78. The molecule has 2 aliphatic rings. The van der Waals surface area contributed by atoms with Crippen LogP contribution in [0.2, 0.25) is 0 Å². The number of carboxylic acid groups (broad SMARTS) is 1. The number of benzene rings is 1. The average Bonchev–Trinajstić information content (AvgIpc) is 3.57. The van der Waals surface area contributed by atoms with Gasteiger partial charge in [0.25, 0.3) is 0 Å². The summed E-state index contributed by atoms with van der Waals surface area (Å²) in [4.78, 5) is 35.2. The number of carboxylic acids is 1. The highest BCUT2D eigenvalue weighted by molar-refractivity contribution is 5.94. The van der Waals surface area contributed by atoms with E-state index in [0.29, 0.717) is 32.5 Å². The summed E-state index contributed by atoms with van der Waals surface area (Å²) in [5, 5.41) is 10.5. The minimum absolute atomic E-state index is 0.00497. The van der Waals surface area contributed by atoms with Crippen LogP contribution >= 0.6 is 0 Å². The van der Waals surface area contributed by atoms with E-state index in [4.69, 9.17) is 4.74 Å². The largest absolute Gasteiger partial charge is 0.493 e. The summed E-state index contributed by atoms with van der Waals surface area (Å²) in [5.41, 5.74) is 3.92. The van der Waals surface area contributed by atoms with Crippen LogP contribution in [0.15, 0.2) is 67.1 Å². The van der Waals surface area contributed by atoms with Crippen molar-refractivity contribution in [3.63, 3.8) is 0 Å². The first-order valence-corrected chi connectivity index (χ1v) is 14.3. The van der Waals surface area contributed by atoms with Crippen LogP contribution in [0.5, 0.6) is 5.75 Å². The summed E-state index contributed by atoms with van der Waals surface area (Å²) < 4.78 is 7.64. The second-order valence-corrected chi connectivity index (χ2v) is 10.9. The fourth-order valence-corrected chi connectivity index (χ4v) is 6.17. The Hall–Kier alpha value is -3.78. The molecule has 2 aromatic heterocycles. The zero-order valence-corrected chi connectivity index (χ0v) is 23.4. The summed E-state index contributed by atoms with van der Waals surface area (Å²) in [6.45, 7) is 4.08. The summed E-state index contributed by atoms with van der Waals surface area (Å²) >= 11 is 0. The van der Waals surface area contributed by atoms with Crippen molar-refractivity contribution in [3.8, 4) is 5.75 Å². The Bertz CT molecular complexity index is 1330. The highest BCUT2D eigenvalue weighted by Crippen LogP contribution is 2.41. The lowest BCUT2D eigenvalue weighted by Gasteiger charge is -2.29. The van der Waals surface area contributed by atoms with Crippen LogP contribution in [-0.2, 0) is 29.5 Å². The van der Waals surface area contributed by atoms with Crippen molar-refractivity contribution < 1.29 is 24.0 Å². The number of aliphatic carboxylic acids is 1. The van der Waals surface area contributed by atoms with Gasteiger partial charge in [0.15, 0.2) is 12.4 Å². The molecule has 8 nitrogen and oxygen atoms in total. The molecule has 0 bridgehead atoms. The normalized spacial score (nSPS) is 20.2. The molecule has 0 spiro atoms. The van der Waals surface area contributed by atoms with Gasteiger partial charge in [-0.25, -0.2) is 4.57 Å². The Balaban J connectivity index is 1.44. The summed E-state index contributed by atoms with van der Waals surface area (Å²) in [6.07, 6.45) is 9.64. The Morgan fingerprint density at radius 1 is 1.20 bits per heavy atom. The van der Waals surface area contributed by atoms with Gasteiger partial charge < -0.3 is 14.7 Å². The van der Waals surface area contributed by atoms with Gasteiger partial charge in [-0.15, -0.1) is 0 Å². The molecule has 0 radical (unpaired) electrons. The van der Waals surface area contributed by atoms with E-state index in [2.05, 4.69) is 22.9 Å². The molecule has 0 unspecified atom stereocenters. The molecule has 210 valence electrons. The Morgan fingerprint density at radius 3 is 2.83 bits per heavy atom. The molecular weight excluding hydrogens is 504 g/mol. The maximum Gasteiger partial charge on any atom is 0.308 e. The molecule has 8 heteroatoms. The van der Waals surface area contributed by atoms with Crippen molar-refractivity contribution in [1.29, 1.82) is 0 Å². The van der Waals surface area contributed by atoms with Crippen molar-refractivity contribution in [2.75, 3.05) is 31.1 Å². The van der Waals surface area contributed by atoms with E-state index in [0.717, 1.165) is 47.5 Å². The number of nitrogens with zero attached hydrogens (tertiary/aromatic N) is 4. The number of ether oxygens (including phenoxy) is 1. The maximum absolute atomic E-state index is 13.9. The topological polar surface area (TPSA) is 86.8 Å². The van der Waals surface area contributed by atoms with Crippen molar-refractivity contribution in [2.24, 2.45) is 13.0 Å². The molecule has 1 fully saturated rings. The van der Waals surface area contributed by atoms with Gasteiger partial charge >= 0.3 is 5.97 Å². The number of fused-ring (bicyclic) bond motifs is 1. The van der Waals surface area contributed by atoms with E-state index in [1.54, 1.807) is 6.20 Å². The molecule has 3 aromatic rings. The van der Waals surface area contributed by atoms with Crippen LogP contribution in [0.25, 0.3) is 0 Å². The second kappa shape index (κ2) is 12.6. The van der Waals surface area contributed by atoms with Gasteiger partial charge in [-0.05, 0) is 54.7 Å². The monoisotopic (exact) mass is 543 g/mol. The van der Waals surface area contributed by atoms with Crippen LogP contribution in [0.1, 0.15) is 48.9 Å². The maximum atomic E-state index is 13.9. The standard InChI is InChI=1S/C32H38N4O4/c1-3-4-17-36(26-9-7-16-34(2)20-26)30(37)22-35-21-27(23-10-13-29-24(19-23)14-18-40-29)31(32(38)39)28(35)12-11-25-8-5-6-15-33-25/h5-10,13,15-16,19-20,27-28,31H,3-4,11-12,14,17-18,21-22H2,1-2H3/p+1/t27-,28+,31-/m1/s1. The number of unbranched alkanes of at least 4 members (excludes halogenated alkanes) is 1. The van der Waals surface area contributed by atoms with Crippen molar-refractivity contribution in [2.45, 2.75) is 51.0 Å². The number of aromatic nitrogens is 2. The third kappa shape index (κ3) is 6.17. The minimum Gasteiger partial charge on any atom is -0.493 e. The highest BCUT2D eigenvalue weighted by Gasteiger charge is 2.47. The number of amides is 1. The third-order valence-corrected chi connectivity index (χ3v) is 8.21. The summed E-state index contributed by atoms with van der Waals surface area (Å²) in [5.74, 6) is -0.788. The third-order valence-electron chi connectivity index (χ3n) is 8.21. The zero-order valence-electron chi connectivity index (χ0n) is 23.4. The van der Waals surface area contributed by atoms with Gasteiger partial charge in [0, 0.05) is 49.4 Å². The molecule has 5 rings (SSSR count). The van der Waals surface area contributed by atoms with Crippen LogP contribution in [0, 0.1) is 5.92 Å².